The van der Waals surface area contributed by atoms with Crippen molar-refractivity contribution in [2.24, 2.45) is 0 Å². The fourth-order valence-electron chi connectivity index (χ4n) is 2.30. The molecule has 2 atom stereocenters. The average Bonchev–Trinajstić information content (AvgIpc) is 2.32. The first-order valence-electron chi connectivity index (χ1n) is 6.26. The summed E-state index contributed by atoms with van der Waals surface area (Å²) in [7, 11) is -3.53. The molecule has 5 heteroatoms. The van der Waals surface area contributed by atoms with Gasteiger partial charge in [-0.25, -0.2) is 13.1 Å². The standard InChI is InChI=1S/C13H19NO3S/c1-10-5-4-6-11(9-10)18(16,17)14-12-7-2-3-8-13(12)15/h4-6,9,12-15H,2-3,7-8H2,1H3/t12-,13-/m1/s1. The van der Waals surface area contributed by atoms with Gasteiger partial charge >= 0.3 is 0 Å². The predicted octanol–water partition coefficient (Wildman–Crippen LogP) is 1.58. The second kappa shape index (κ2) is 5.38. The van der Waals surface area contributed by atoms with Gasteiger partial charge in [0.25, 0.3) is 0 Å². The first kappa shape index (κ1) is 13.5. The Hall–Kier alpha value is -0.910. The summed E-state index contributed by atoms with van der Waals surface area (Å²) in [5.74, 6) is 0. The SMILES string of the molecule is Cc1cccc(S(=O)(=O)N[C@@H]2CCCC[C@H]2O)c1. The second-order valence-corrected chi connectivity index (χ2v) is 6.61. The molecule has 1 aliphatic carbocycles. The Bertz CT molecular complexity index is 513. The number of aliphatic hydroxyl groups is 1. The maximum atomic E-state index is 12.2. The van der Waals surface area contributed by atoms with Crippen LogP contribution in [0.15, 0.2) is 29.2 Å². The first-order chi connectivity index (χ1) is 8.49. The van der Waals surface area contributed by atoms with Crippen molar-refractivity contribution in [3.8, 4) is 0 Å². The molecule has 0 spiro atoms. The first-order valence-corrected chi connectivity index (χ1v) is 7.74. The van der Waals surface area contributed by atoms with Crippen LogP contribution in [0.4, 0.5) is 0 Å². The second-order valence-electron chi connectivity index (χ2n) is 4.90. The number of aryl methyl sites for hydroxylation is 1. The average molecular weight is 269 g/mol. The molecule has 2 N–H and O–H groups in total. The van der Waals surface area contributed by atoms with Crippen LogP contribution in [0.5, 0.6) is 0 Å². The zero-order chi connectivity index (χ0) is 13.2. The van der Waals surface area contributed by atoms with Crippen molar-refractivity contribution in [3.63, 3.8) is 0 Å². The molecule has 1 saturated carbocycles. The number of nitrogens with one attached hydrogen (secondary N) is 1. The number of hydrogen-bond acceptors (Lipinski definition) is 3. The smallest absolute Gasteiger partial charge is 0.240 e. The van der Waals surface area contributed by atoms with Crippen molar-refractivity contribution in [1.82, 2.24) is 4.72 Å². The lowest BCUT2D eigenvalue weighted by atomic mass is 9.93. The largest absolute Gasteiger partial charge is 0.391 e. The summed E-state index contributed by atoms with van der Waals surface area (Å²) < 4.78 is 27.0. The van der Waals surface area contributed by atoms with Gasteiger partial charge in [-0.05, 0) is 37.5 Å². The van der Waals surface area contributed by atoms with Crippen molar-refractivity contribution in [2.45, 2.75) is 49.6 Å². The summed E-state index contributed by atoms with van der Waals surface area (Å²) in [6.45, 7) is 1.86. The number of sulfonamides is 1. The molecule has 1 fully saturated rings. The molecule has 0 aromatic heterocycles. The molecule has 1 aromatic carbocycles. The molecule has 0 amide bonds. The van der Waals surface area contributed by atoms with Crippen LogP contribution < -0.4 is 4.72 Å². The Morgan fingerprint density at radius 3 is 2.67 bits per heavy atom. The van der Waals surface area contributed by atoms with Gasteiger partial charge < -0.3 is 5.11 Å². The van der Waals surface area contributed by atoms with Crippen molar-refractivity contribution >= 4 is 10.0 Å². The summed E-state index contributed by atoms with van der Waals surface area (Å²) >= 11 is 0. The quantitative estimate of drug-likeness (QED) is 0.875. The normalized spacial score (nSPS) is 25.0. The van der Waals surface area contributed by atoms with Crippen LogP contribution in [0.2, 0.25) is 0 Å². The Morgan fingerprint density at radius 2 is 2.00 bits per heavy atom. The Balaban J connectivity index is 2.16. The van der Waals surface area contributed by atoms with Crippen LogP contribution in [-0.2, 0) is 10.0 Å². The van der Waals surface area contributed by atoms with E-state index in [2.05, 4.69) is 4.72 Å². The lowest BCUT2D eigenvalue weighted by molar-refractivity contribution is 0.101. The van der Waals surface area contributed by atoms with E-state index in [4.69, 9.17) is 0 Å². The molecule has 0 radical (unpaired) electrons. The van der Waals surface area contributed by atoms with E-state index in [0.717, 1.165) is 18.4 Å². The van der Waals surface area contributed by atoms with Gasteiger partial charge in [0.1, 0.15) is 0 Å². The van der Waals surface area contributed by atoms with E-state index >= 15 is 0 Å². The Labute approximate surface area is 108 Å². The van der Waals surface area contributed by atoms with Crippen LogP contribution >= 0.6 is 0 Å². The third-order valence-electron chi connectivity index (χ3n) is 3.34. The van der Waals surface area contributed by atoms with Gasteiger partial charge in [-0.1, -0.05) is 25.0 Å². The number of rotatable bonds is 3. The van der Waals surface area contributed by atoms with Crippen LogP contribution in [0, 0.1) is 6.92 Å². The molecule has 2 rings (SSSR count). The zero-order valence-electron chi connectivity index (χ0n) is 10.5. The Kier molecular flexibility index (Phi) is 4.04. The minimum absolute atomic E-state index is 0.264. The third-order valence-corrected chi connectivity index (χ3v) is 4.82. The highest BCUT2D eigenvalue weighted by atomic mass is 32.2. The van der Waals surface area contributed by atoms with E-state index in [-0.39, 0.29) is 10.9 Å². The van der Waals surface area contributed by atoms with Gasteiger partial charge in [0, 0.05) is 6.04 Å². The van der Waals surface area contributed by atoms with E-state index in [1.54, 1.807) is 18.2 Å². The lowest BCUT2D eigenvalue weighted by Crippen LogP contribution is -2.44. The maximum Gasteiger partial charge on any atom is 0.240 e. The maximum absolute atomic E-state index is 12.2. The van der Waals surface area contributed by atoms with Gasteiger partial charge in [0.2, 0.25) is 10.0 Å². The topological polar surface area (TPSA) is 66.4 Å². The lowest BCUT2D eigenvalue weighted by Gasteiger charge is -2.28. The molecular formula is C13H19NO3S. The number of hydrogen-bond donors (Lipinski definition) is 2. The predicted molar refractivity (Wildman–Crippen MR) is 69.8 cm³/mol. The molecule has 0 heterocycles. The van der Waals surface area contributed by atoms with Gasteiger partial charge in [-0.3, -0.25) is 0 Å². The summed E-state index contributed by atoms with van der Waals surface area (Å²) in [6.07, 6.45) is 2.72. The molecule has 0 bridgehead atoms. The van der Waals surface area contributed by atoms with Crippen molar-refractivity contribution in [1.29, 1.82) is 0 Å². The summed E-state index contributed by atoms with van der Waals surface area (Å²) in [5.41, 5.74) is 0.905. The molecule has 0 saturated heterocycles. The number of benzene rings is 1. The Morgan fingerprint density at radius 1 is 1.28 bits per heavy atom. The van der Waals surface area contributed by atoms with Gasteiger partial charge in [0.05, 0.1) is 11.0 Å². The fraction of sp³-hybridized carbons (Fsp3) is 0.538. The van der Waals surface area contributed by atoms with Crippen molar-refractivity contribution < 1.29 is 13.5 Å². The van der Waals surface area contributed by atoms with Crippen LogP contribution in [0.1, 0.15) is 31.2 Å². The van der Waals surface area contributed by atoms with Gasteiger partial charge in [-0.15, -0.1) is 0 Å². The van der Waals surface area contributed by atoms with Crippen molar-refractivity contribution in [2.75, 3.05) is 0 Å². The summed E-state index contributed by atoms with van der Waals surface area (Å²) in [5, 5.41) is 9.81. The summed E-state index contributed by atoms with van der Waals surface area (Å²) in [4.78, 5) is 0.264. The van der Waals surface area contributed by atoms with E-state index < -0.39 is 16.1 Å². The van der Waals surface area contributed by atoms with Crippen LogP contribution in [0.25, 0.3) is 0 Å². The molecule has 1 aliphatic rings. The fourth-order valence-corrected chi connectivity index (χ4v) is 3.71. The monoisotopic (exact) mass is 269 g/mol. The van der Waals surface area contributed by atoms with Gasteiger partial charge in [-0.2, -0.15) is 0 Å². The number of aliphatic hydroxyl groups excluding tert-OH is 1. The minimum atomic E-state index is -3.53. The molecule has 100 valence electrons. The highest BCUT2D eigenvalue weighted by Crippen LogP contribution is 2.20. The molecule has 4 nitrogen and oxygen atoms in total. The molecule has 0 aliphatic heterocycles. The third kappa shape index (κ3) is 3.10. The molecule has 18 heavy (non-hydrogen) atoms. The zero-order valence-corrected chi connectivity index (χ0v) is 11.3. The highest BCUT2D eigenvalue weighted by Gasteiger charge is 2.27. The molecule has 0 unspecified atom stereocenters. The van der Waals surface area contributed by atoms with E-state index in [1.807, 2.05) is 13.0 Å². The van der Waals surface area contributed by atoms with E-state index in [9.17, 15) is 13.5 Å². The van der Waals surface area contributed by atoms with Crippen molar-refractivity contribution in [3.05, 3.63) is 29.8 Å². The molecule has 1 aromatic rings. The highest BCUT2D eigenvalue weighted by molar-refractivity contribution is 7.89. The molecular weight excluding hydrogens is 250 g/mol. The minimum Gasteiger partial charge on any atom is -0.391 e. The van der Waals surface area contributed by atoms with E-state index in [0.29, 0.717) is 12.8 Å². The van der Waals surface area contributed by atoms with Gasteiger partial charge in [0.15, 0.2) is 0 Å². The summed E-state index contributed by atoms with van der Waals surface area (Å²) in [6, 6.07) is 6.43. The van der Waals surface area contributed by atoms with Crippen LogP contribution in [0.3, 0.4) is 0 Å². The van der Waals surface area contributed by atoms with E-state index in [1.165, 1.54) is 0 Å². The van der Waals surface area contributed by atoms with Crippen LogP contribution in [-0.4, -0.2) is 25.7 Å².